The molecule has 1 atom stereocenters. The Morgan fingerprint density at radius 2 is 1.95 bits per heavy atom. The fraction of sp³-hybridized carbons (Fsp3) is 0.385. The van der Waals surface area contributed by atoms with E-state index in [2.05, 4.69) is 15.5 Å². The fourth-order valence-electron chi connectivity index (χ4n) is 2.46. The van der Waals surface area contributed by atoms with Crippen molar-refractivity contribution in [2.75, 3.05) is 6.54 Å². The van der Waals surface area contributed by atoms with Crippen molar-refractivity contribution in [2.24, 2.45) is 0 Å². The number of aromatic nitrogens is 3. The molecule has 0 aliphatic carbocycles. The summed E-state index contributed by atoms with van der Waals surface area (Å²) in [5, 5.41) is 11.4. The summed E-state index contributed by atoms with van der Waals surface area (Å²) in [7, 11) is 0. The minimum Gasteiger partial charge on any atom is -0.308 e. The number of fused-ring (bicyclic) bond motifs is 1. The highest BCUT2D eigenvalue weighted by Gasteiger charge is 2.25. The molecular weight excluding hydrogens is 269 g/mol. The van der Waals surface area contributed by atoms with E-state index in [9.17, 15) is 13.2 Å². The quantitative estimate of drug-likeness (QED) is 0.860. The second kappa shape index (κ2) is 4.90. The highest BCUT2D eigenvalue weighted by Crippen LogP contribution is 2.27. The Labute approximate surface area is 113 Å². The van der Waals surface area contributed by atoms with E-state index >= 15 is 0 Å². The molecule has 0 saturated carbocycles. The number of nitrogens with one attached hydrogen (secondary N) is 1. The van der Waals surface area contributed by atoms with Gasteiger partial charge in [-0.15, -0.1) is 10.2 Å². The molecule has 0 bridgehead atoms. The van der Waals surface area contributed by atoms with Gasteiger partial charge in [-0.1, -0.05) is 6.92 Å². The minimum absolute atomic E-state index is 0.0696. The van der Waals surface area contributed by atoms with Crippen LogP contribution >= 0.6 is 0 Å². The number of benzene rings is 1. The Kier molecular flexibility index (Phi) is 3.21. The molecule has 7 heteroatoms. The van der Waals surface area contributed by atoms with Crippen LogP contribution in [0.3, 0.4) is 0 Å². The smallest absolute Gasteiger partial charge is 0.194 e. The number of hydrogen-bond acceptors (Lipinski definition) is 3. The van der Waals surface area contributed by atoms with Crippen molar-refractivity contribution in [3.8, 4) is 11.4 Å². The molecule has 3 rings (SSSR count). The van der Waals surface area contributed by atoms with Gasteiger partial charge < -0.3 is 9.88 Å². The molecule has 2 heterocycles. The zero-order valence-electron chi connectivity index (χ0n) is 10.8. The van der Waals surface area contributed by atoms with Crippen LogP contribution in [0.1, 0.15) is 25.2 Å². The lowest BCUT2D eigenvalue weighted by Gasteiger charge is -2.24. The molecule has 1 aromatic heterocycles. The van der Waals surface area contributed by atoms with Crippen molar-refractivity contribution in [1.82, 2.24) is 20.1 Å². The molecular formula is C13H13F3N4. The number of hydrogen-bond donors (Lipinski definition) is 1. The topological polar surface area (TPSA) is 42.7 Å². The van der Waals surface area contributed by atoms with E-state index in [0.29, 0.717) is 12.4 Å². The second-order valence-corrected chi connectivity index (χ2v) is 4.70. The fourth-order valence-corrected chi connectivity index (χ4v) is 2.46. The highest BCUT2D eigenvalue weighted by molar-refractivity contribution is 5.56. The number of halogens is 3. The van der Waals surface area contributed by atoms with E-state index in [0.717, 1.165) is 30.9 Å². The zero-order valence-corrected chi connectivity index (χ0v) is 10.8. The summed E-state index contributed by atoms with van der Waals surface area (Å²) in [6.45, 7) is 3.34. The first-order valence-electron chi connectivity index (χ1n) is 6.43. The molecule has 106 valence electrons. The average Bonchev–Trinajstić information content (AvgIpc) is 2.88. The summed E-state index contributed by atoms with van der Waals surface area (Å²) >= 11 is 0. The van der Waals surface area contributed by atoms with Gasteiger partial charge in [-0.25, -0.2) is 13.2 Å². The average molecular weight is 282 g/mol. The van der Waals surface area contributed by atoms with Crippen LogP contribution < -0.4 is 5.32 Å². The van der Waals surface area contributed by atoms with Crippen LogP contribution in [0.15, 0.2) is 12.1 Å². The van der Waals surface area contributed by atoms with Gasteiger partial charge in [0.1, 0.15) is 0 Å². The molecule has 0 spiro atoms. The van der Waals surface area contributed by atoms with Crippen LogP contribution in [0.5, 0.6) is 0 Å². The van der Waals surface area contributed by atoms with Crippen LogP contribution in [0.4, 0.5) is 13.2 Å². The maximum Gasteiger partial charge on any atom is 0.194 e. The Morgan fingerprint density at radius 3 is 2.60 bits per heavy atom. The molecule has 1 aliphatic heterocycles. The summed E-state index contributed by atoms with van der Waals surface area (Å²) < 4.78 is 41.5. The molecule has 2 aromatic rings. The molecule has 1 N–H and O–H groups in total. The summed E-state index contributed by atoms with van der Waals surface area (Å²) in [5.74, 6) is -2.83. The predicted molar refractivity (Wildman–Crippen MR) is 66.4 cm³/mol. The lowest BCUT2D eigenvalue weighted by atomic mass is 10.1. The molecule has 1 aliphatic rings. The van der Waals surface area contributed by atoms with E-state index in [4.69, 9.17) is 0 Å². The van der Waals surface area contributed by atoms with Crippen molar-refractivity contribution in [3.05, 3.63) is 35.4 Å². The minimum atomic E-state index is -1.47. The zero-order chi connectivity index (χ0) is 14.3. The summed E-state index contributed by atoms with van der Waals surface area (Å²) in [6.07, 6.45) is 0.838. The van der Waals surface area contributed by atoms with Gasteiger partial charge in [-0.2, -0.15) is 0 Å². The third kappa shape index (κ3) is 1.98. The monoisotopic (exact) mass is 282 g/mol. The third-order valence-corrected chi connectivity index (χ3v) is 3.47. The van der Waals surface area contributed by atoms with Crippen molar-refractivity contribution < 1.29 is 13.2 Å². The Morgan fingerprint density at radius 1 is 1.25 bits per heavy atom. The van der Waals surface area contributed by atoms with Crippen LogP contribution in [0, 0.1) is 17.5 Å². The third-order valence-electron chi connectivity index (χ3n) is 3.47. The van der Waals surface area contributed by atoms with Gasteiger partial charge in [0, 0.05) is 18.7 Å². The maximum atomic E-state index is 13.3. The van der Waals surface area contributed by atoms with E-state index in [-0.39, 0.29) is 11.6 Å². The molecule has 4 nitrogen and oxygen atoms in total. The van der Waals surface area contributed by atoms with Gasteiger partial charge in [-0.3, -0.25) is 0 Å². The first-order valence-corrected chi connectivity index (χ1v) is 6.43. The van der Waals surface area contributed by atoms with Gasteiger partial charge in [0.05, 0.1) is 6.04 Å². The van der Waals surface area contributed by atoms with Gasteiger partial charge in [-0.05, 0) is 18.6 Å². The Balaban J connectivity index is 2.10. The number of rotatable bonds is 2. The first-order chi connectivity index (χ1) is 9.61. The SMILES string of the molecule is CCC1NCCn2c(-c3cc(F)c(F)c(F)c3)nnc21. The maximum absolute atomic E-state index is 13.3. The highest BCUT2D eigenvalue weighted by atomic mass is 19.2. The molecule has 0 radical (unpaired) electrons. The van der Waals surface area contributed by atoms with E-state index in [1.54, 1.807) is 0 Å². The van der Waals surface area contributed by atoms with Gasteiger partial charge >= 0.3 is 0 Å². The van der Waals surface area contributed by atoms with Crippen LogP contribution in [-0.2, 0) is 6.54 Å². The molecule has 20 heavy (non-hydrogen) atoms. The largest absolute Gasteiger partial charge is 0.308 e. The van der Waals surface area contributed by atoms with Crippen LogP contribution in [0.25, 0.3) is 11.4 Å². The summed E-state index contributed by atoms with van der Waals surface area (Å²) in [5.41, 5.74) is 0.192. The normalized spacial score (nSPS) is 18.1. The summed E-state index contributed by atoms with van der Waals surface area (Å²) in [6, 6.07) is 1.96. The molecule has 1 unspecified atom stereocenters. The lowest BCUT2D eigenvalue weighted by Crippen LogP contribution is -2.33. The predicted octanol–water partition coefficient (Wildman–Crippen LogP) is 2.42. The van der Waals surface area contributed by atoms with Gasteiger partial charge in [0.25, 0.3) is 0 Å². The van der Waals surface area contributed by atoms with E-state index in [1.165, 1.54) is 0 Å². The molecule has 0 saturated heterocycles. The molecule has 1 aromatic carbocycles. The number of nitrogens with zero attached hydrogens (tertiary/aromatic N) is 3. The van der Waals surface area contributed by atoms with Crippen molar-refractivity contribution >= 4 is 0 Å². The van der Waals surface area contributed by atoms with Gasteiger partial charge in [0.2, 0.25) is 0 Å². The van der Waals surface area contributed by atoms with E-state index < -0.39 is 17.5 Å². The van der Waals surface area contributed by atoms with Crippen molar-refractivity contribution in [2.45, 2.75) is 25.9 Å². The van der Waals surface area contributed by atoms with E-state index in [1.807, 2.05) is 11.5 Å². The standard InChI is InChI=1S/C13H13F3N4/c1-2-10-13-19-18-12(20(13)4-3-17-10)7-5-8(14)11(16)9(15)6-7/h5-6,10,17H,2-4H2,1H3. The van der Waals surface area contributed by atoms with Crippen LogP contribution in [0.2, 0.25) is 0 Å². The molecule has 0 fully saturated rings. The second-order valence-electron chi connectivity index (χ2n) is 4.70. The van der Waals surface area contributed by atoms with Gasteiger partial charge in [0.15, 0.2) is 29.1 Å². The Bertz CT molecular complexity index is 630. The van der Waals surface area contributed by atoms with Crippen LogP contribution in [-0.4, -0.2) is 21.3 Å². The Hall–Kier alpha value is -1.89. The lowest BCUT2D eigenvalue weighted by molar-refractivity contribution is 0.407. The van der Waals surface area contributed by atoms with Crippen molar-refractivity contribution in [1.29, 1.82) is 0 Å². The first kappa shape index (κ1) is 13.1. The summed E-state index contributed by atoms with van der Waals surface area (Å²) in [4.78, 5) is 0. The molecule has 0 amide bonds. The van der Waals surface area contributed by atoms with Crippen molar-refractivity contribution in [3.63, 3.8) is 0 Å².